The van der Waals surface area contributed by atoms with E-state index < -0.39 is 6.10 Å². The van der Waals surface area contributed by atoms with Crippen LogP contribution in [0, 0.1) is 0 Å². The van der Waals surface area contributed by atoms with Gasteiger partial charge in [0.15, 0.2) is 17.6 Å². The number of thiocarbonyl (C=S) groups is 1. The Kier molecular flexibility index (Phi) is 4.21. The molecule has 1 fully saturated rings. The van der Waals surface area contributed by atoms with E-state index in [1.165, 1.54) is 0 Å². The van der Waals surface area contributed by atoms with E-state index in [-0.39, 0.29) is 11.0 Å². The molecule has 19 heavy (non-hydrogen) atoms. The fraction of sp³-hybridized carbons (Fsp3) is 0.385. The minimum Gasteiger partial charge on any atom is -0.490 e. The summed E-state index contributed by atoms with van der Waals surface area (Å²) in [5, 5.41) is 0. The Morgan fingerprint density at radius 1 is 1.53 bits per heavy atom. The Hall–Kier alpha value is -1.82. The van der Waals surface area contributed by atoms with Gasteiger partial charge in [-0.25, -0.2) is 4.79 Å². The molecule has 1 aromatic carbocycles. The molecule has 1 aliphatic rings. The number of esters is 1. The zero-order valence-corrected chi connectivity index (χ0v) is 11.4. The Balaban J connectivity index is 2.23. The van der Waals surface area contributed by atoms with Crippen LogP contribution >= 0.6 is 12.2 Å². The first-order valence-electron chi connectivity index (χ1n) is 6.01. The Bertz CT molecular complexity index is 503. The van der Waals surface area contributed by atoms with Gasteiger partial charge in [-0.3, -0.25) is 0 Å². The van der Waals surface area contributed by atoms with Gasteiger partial charge in [0.25, 0.3) is 0 Å². The molecule has 1 heterocycles. The third-order valence-electron chi connectivity index (χ3n) is 2.68. The molecule has 102 valence electrons. The topological polar surface area (TPSA) is 70.8 Å². The van der Waals surface area contributed by atoms with Crippen molar-refractivity contribution in [3.63, 3.8) is 0 Å². The second kappa shape index (κ2) is 5.88. The standard InChI is InChI=1S/C13H15NO4S/c1-2-16-11-7-8(12(14)19)3-4-9(11)18-10-5-6-17-13(10)15/h3-4,7,10H,2,5-6H2,1H3,(H2,14,19). The average molecular weight is 281 g/mol. The summed E-state index contributed by atoms with van der Waals surface area (Å²) in [6, 6.07) is 5.15. The third kappa shape index (κ3) is 3.14. The predicted molar refractivity (Wildman–Crippen MR) is 73.5 cm³/mol. The molecule has 2 N–H and O–H groups in total. The summed E-state index contributed by atoms with van der Waals surface area (Å²) in [6.45, 7) is 2.73. The van der Waals surface area contributed by atoms with Gasteiger partial charge in [0.2, 0.25) is 0 Å². The maximum atomic E-state index is 11.4. The lowest BCUT2D eigenvalue weighted by Crippen LogP contribution is -2.22. The highest BCUT2D eigenvalue weighted by Gasteiger charge is 2.29. The maximum Gasteiger partial charge on any atom is 0.347 e. The molecule has 1 aromatic rings. The van der Waals surface area contributed by atoms with Crippen LogP contribution < -0.4 is 15.2 Å². The van der Waals surface area contributed by atoms with Gasteiger partial charge in [0, 0.05) is 12.0 Å². The molecule has 0 amide bonds. The molecule has 1 aliphatic heterocycles. The van der Waals surface area contributed by atoms with Crippen molar-refractivity contribution in [2.24, 2.45) is 5.73 Å². The van der Waals surface area contributed by atoms with Gasteiger partial charge >= 0.3 is 5.97 Å². The molecule has 0 bridgehead atoms. The molecule has 1 atom stereocenters. The van der Waals surface area contributed by atoms with Crippen LogP contribution in [0.25, 0.3) is 0 Å². The van der Waals surface area contributed by atoms with E-state index in [1.807, 2.05) is 6.92 Å². The number of carbonyl (C=O) groups excluding carboxylic acids is 1. The lowest BCUT2D eigenvalue weighted by Gasteiger charge is -2.15. The van der Waals surface area contributed by atoms with Gasteiger partial charge in [0.1, 0.15) is 4.99 Å². The van der Waals surface area contributed by atoms with Gasteiger partial charge in [-0.2, -0.15) is 0 Å². The van der Waals surface area contributed by atoms with Crippen molar-refractivity contribution in [2.75, 3.05) is 13.2 Å². The first kappa shape index (κ1) is 13.6. The van der Waals surface area contributed by atoms with Crippen LogP contribution in [-0.4, -0.2) is 30.3 Å². The van der Waals surface area contributed by atoms with Crippen molar-refractivity contribution in [2.45, 2.75) is 19.4 Å². The number of nitrogens with two attached hydrogens (primary N) is 1. The minimum atomic E-state index is -0.574. The van der Waals surface area contributed by atoms with E-state index in [4.69, 9.17) is 32.2 Å². The molecule has 0 aromatic heterocycles. The van der Waals surface area contributed by atoms with Crippen LogP contribution in [0.4, 0.5) is 0 Å². The fourth-order valence-corrected chi connectivity index (χ4v) is 1.89. The van der Waals surface area contributed by atoms with Gasteiger partial charge in [0.05, 0.1) is 13.2 Å². The highest BCUT2D eigenvalue weighted by Crippen LogP contribution is 2.30. The summed E-state index contributed by atoms with van der Waals surface area (Å²) in [7, 11) is 0. The van der Waals surface area contributed by atoms with Crippen molar-refractivity contribution in [3.8, 4) is 11.5 Å². The number of benzene rings is 1. The fourth-order valence-electron chi connectivity index (χ4n) is 1.76. The molecule has 5 nitrogen and oxygen atoms in total. The van der Waals surface area contributed by atoms with Crippen molar-refractivity contribution in [1.29, 1.82) is 0 Å². The number of ether oxygens (including phenoxy) is 3. The van der Waals surface area contributed by atoms with Gasteiger partial charge in [-0.05, 0) is 25.1 Å². The summed E-state index contributed by atoms with van der Waals surface area (Å²) in [5.74, 6) is 0.666. The number of hydrogen-bond acceptors (Lipinski definition) is 5. The SMILES string of the molecule is CCOc1cc(C(N)=S)ccc1OC1CCOC1=O. The van der Waals surface area contributed by atoms with Gasteiger partial charge in [-0.1, -0.05) is 12.2 Å². The Morgan fingerprint density at radius 2 is 2.32 bits per heavy atom. The monoisotopic (exact) mass is 281 g/mol. The molecule has 0 aliphatic carbocycles. The Morgan fingerprint density at radius 3 is 2.89 bits per heavy atom. The van der Waals surface area contributed by atoms with E-state index in [2.05, 4.69) is 0 Å². The molecule has 1 unspecified atom stereocenters. The average Bonchev–Trinajstić information content (AvgIpc) is 2.77. The minimum absolute atomic E-state index is 0.285. The molecule has 6 heteroatoms. The van der Waals surface area contributed by atoms with Crippen molar-refractivity contribution in [3.05, 3.63) is 23.8 Å². The normalized spacial score (nSPS) is 17.9. The summed E-state index contributed by atoms with van der Waals surface area (Å²) in [6.07, 6.45) is -0.0311. The van der Waals surface area contributed by atoms with Crippen LogP contribution in [0.5, 0.6) is 11.5 Å². The number of carbonyl (C=O) groups is 1. The first-order valence-corrected chi connectivity index (χ1v) is 6.42. The van der Waals surface area contributed by atoms with Crippen molar-refractivity contribution in [1.82, 2.24) is 0 Å². The van der Waals surface area contributed by atoms with Crippen LogP contribution in [-0.2, 0) is 9.53 Å². The largest absolute Gasteiger partial charge is 0.490 e. The lowest BCUT2D eigenvalue weighted by atomic mass is 10.2. The highest BCUT2D eigenvalue weighted by molar-refractivity contribution is 7.80. The molecule has 0 saturated carbocycles. The maximum absolute atomic E-state index is 11.4. The van der Waals surface area contributed by atoms with E-state index in [1.54, 1.807) is 18.2 Å². The smallest absolute Gasteiger partial charge is 0.347 e. The third-order valence-corrected chi connectivity index (χ3v) is 2.92. The lowest BCUT2D eigenvalue weighted by molar-refractivity contribution is -0.143. The second-order valence-electron chi connectivity index (χ2n) is 4.02. The van der Waals surface area contributed by atoms with Crippen LogP contribution in [0.3, 0.4) is 0 Å². The second-order valence-corrected chi connectivity index (χ2v) is 4.46. The van der Waals surface area contributed by atoms with Gasteiger partial charge in [-0.15, -0.1) is 0 Å². The summed E-state index contributed by atoms with van der Waals surface area (Å²) < 4.78 is 16.0. The molecule has 0 spiro atoms. The van der Waals surface area contributed by atoms with Crippen molar-refractivity contribution >= 4 is 23.2 Å². The molecule has 2 rings (SSSR count). The molecule has 1 saturated heterocycles. The number of rotatable bonds is 5. The summed E-state index contributed by atoms with van der Waals surface area (Å²) in [4.78, 5) is 11.7. The number of hydrogen-bond donors (Lipinski definition) is 1. The van der Waals surface area contributed by atoms with E-state index in [9.17, 15) is 4.79 Å². The summed E-state index contributed by atoms with van der Waals surface area (Å²) >= 11 is 4.92. The number of cyclic esters (lactones) is 1. The van der Waals surface area contributed by atoms with Gasteiger partial charge < -0.3 is 19.9 Å². The quantitative estimate of drug-likeness (QED) is 0.650. The summed E-state index contributed by atoms with van der Waals surface area (Å²) in [5.41, 5.74) is 6.27. The molecular formula is C13H15NO4S. The van der Waals surface area contributed by atoms with E-state index >= 15 is 0 Å². The first-order chi connectivity index (χ1) is 9.11. The van der Waals surface area contributed by atoms with Crippen LogP contribution in [0.1, 0.15) is 18.9 Å². The van der Waals surface area contributed by atoms with E-state index in [0.29, 0.717) is 36.7 Å². The zero-order chi connectivity index (χ0) is 13.8. The van der Waals surface area contributed by atoms with E-state index in [0.717, 1.165) is 0 Å². The van der Waals surface area contributed by atoms with Crippen LogP contribution in [0.2, 0.25) is 0 Å². The predicted octanol–water partition coefficient (Wildman–Crippen LogP) is 1.41. The highest BCUT2D eigenvalue weighted by atomic mass is 32.1. The Labute approximate surface area is 116 Å². The molecular weight excluding hydrogens is 266 g/mol. The van der Waals surface area contributed by atoms with Crippen molar-refractivity contribution < 1.29 is 19.0 Å². The van der Waals surface area contributed by atoms with Crippen LogP contribution in [0.15, 0.2) is 18.2 Å². The molecule has 0 radical (unpaired) electrons. The zero-order valence-electron chi connectivity index (χ0n) is 10.5.